The Labute approximate surface area is 145 Å². The van der Waals surface area contributed by atoms with Crippen molar-refractivity contribution in [3.05, 3.63) is 29.0 Å². The standard InChI is InChI=1S/C17H22N2O4S/c1-4-24-6-5-13(17(21)22)18-15(20)9-14-12-8-10(2)7-11(3)16(12)23-19-14/h7-8,13H,4-6,9H2,1-3H3,(H,18,20)(H,21,22). The highest BCUT2D eigenvalue weighted by Crippen LogP contribution is 2.24. The summed E-state index contributed by atoms with van der Waals surface area (Å²) in [6.07, 6.45) is 0.401. The summed E-state index contributed by atoms with van der Waals surface area (Å²) >= 11 is 1.65. The van der Waals surface area contributed by atoms with E-state index in [1.807, 2.05) is 32.9 Å². The number of amides is 1. The molecule has 24 heavy (non-hydrogen) atoms. The van der Waals surface area contributed by atoms with Gasteiger partial charge in [-0.25, -0.2) is 4.79 Å². The molecule has 0 saturated carbocycles. The SMILES string of the molecule is CCSCCC(NC(=O)Cc1noc2c(C)cc(C)cc12)C(=O)O. The first-order valence-corrected chi connectivity index (χ1v) is 9.03. The van der Waals surface area contributed by atoms with Crippen LogP contribution in [0.1, 0.15) is 30.2 Å². The third-order valence-corrected chi connectivity index (χ3v) is 4.63. The molecule has 0 aliphatic carbocycles. The van der Waals surface area contributed by atoms with Crippen molar-refractivity contribution < 1.29 is 19.2 Å². The van der Waals surface area contributed by atoms with Gasteiger partial charge in [-0.05, 0) is 49.0 Å². The maximum Gasteiger partial charge on any atom is 0.326 e. The quantitative estimate of drug-likeness (QED) is 0.711. The van der Waals surface area contributed by atoms with E-state index in [-0.39, 0.29) is 12.3 Å². The highest BCUT2D eigenvalue weighted by molar-refractivity contribution is 7.99. The first-order valence-electron chi connectivity index (χ1n) is 7.87. The third kappa shape index (κ3) is 4.50. The fourth-order valence-electron chi connectivity index (χ4n) is 2.57. The highest BCUT2D eigenvalue weighted by Gasteiger charge is 2.21. The second kappa shape index (κ2) is 8.19. The molecular weight excluding hydrogens is 328 g/mol. The molecule has 1 heterocycles. The smallest absolute Gasteiger partial charge is 0.326 e. The Morgan fingerprint density at radius 3 is 2.79 bits per heavy atom. The van der Waals surface area contributed by atoms with Gasteiger partial charge in [0.25, 0.3) is 0 Å². The van der Waals surface area contributed by atoms with Crippen LogP contribution in [-0.2, 0) is 16.0 Å². The van der Waals surface area contributed by atoms with Crippen molar-refractivity contribution in [3.63, 3.8) is 0 Å². The molecule has 1 amide bonds. The number of thioether (sulfide) groups is 1. The first kappa shape index (κ1) is 18.3. The molecule has 130 valence electrons. The Bertz CT molecular complexity index is 742. The zero-order valence-corrected chi connectivity index (χ0v) is 14.9. The molecule has 6 nitrogen and oxygen atoms in total. The van der Waals surface area contributed by atoms with Gasteiger partial charge in [0.2, 0.25) is 5.91 Å². The number of carboxylic acid groups (broad SMARTS) is 1. The van der Waals surface area contributed by atoms with E-state index >= 15 is 0 Å². The molecule has 1 atom stereocenters. The van der Waals surface area contributed by atoms with Crippen LogP contribution in [0.3, 0.4) is 0 Å². The Morgan fingerprint density at radius 1 is 1.38 bits per heavy atom. The Kier molecular flexibility index (Phi) is 6.25. The van der Waals surface area contributed by atoms with Gasteiger partial charge in [0.15, 0.2) is 5.58 Å². The molecule has 2 rings (SSSR count). The average Bonchev–Trinajstić information content (AvgIpc) is 2.89. The lowest BCUT2D eigenvalue weighted by molar-refractivity contribution is -0.141. The third-order valence-electron chi connectivity index (χ3n) is 3.69. The largest absolute Gasteiger partial charge is 0.480 e. The van der Waals surface area contributed by atoms with E-state index in [4.69, 9.17) is 4.52 Å². The number of carboxylic acids is 1. The van der Waals surface area contributed by atoms with Crippen molar-refractivity contribution in [2.75, 3.05) is 11.5 Å². The zero-order valence-electron chi connectivity index (χ0n) is 14.1. The van der Waals surface area contributed by atoms with Crippen LogP contribution in [0.25, 0.3) is 11.0 Å². The maximum absolute atomic E-state index is 12.2. The van der Waals surface area contributed by atoms with Crippen LogP contribution < -0.4 is 5.32 Å². The van der Waals surface area contributed by atoms with Crippen LogP contribution in [0.5, 0.6) is 0 Å². The summed E-state index contributed by atoms with van der Waals surface area (Å²) in [5, 5.41) is 16.6. The lowest BCUT2D eigenvalue weighted by Crippen LogP contribution is -2.42. The van der Waals surface area contributed by atoms with Crippen LogP contribution >= 0.6 is 11.8 Å². The van der Waals surface area contributed by atoms with Crippen LogP contribution in [0.4, 0.5) is 0 Å². The number of carbonyl (C=O) groups excluding carboxylic acids is 1. The predicted molar refractivity (Wildman–Crippen MR) is 94.4 cm³/mol. The van der Waals surface area contributed by atoms with Crippen molar-refractivity contribution in [2.45, 2.75) is 39.7 Å². The number of rotatable bonds is 8. The molecule has 0 saturated heterocycles. The van der Waals surface area contributed by atoms with Crippen molar-refractivity contribution in [2.24, 2.45) is 0 Å². The molecule has 0 bridgehead atoms. The topological polar surface area (TPSA) is 92.4 Å². The minimum absolute atomic E-state index is 0.000589. The van der Waals surface area contributed by atoms with Gasteiger partial charge in [-0.1, -0.05) is 18.1 Å². The molecule has 1 unspecified atom stereocenters. The van der Waals surface area contributed by atoms with E-state index in [0.717, 1.165) is 22.3 Å². The van der Waals surface area contributed by atoms with Crippen LogP contribution in [0, 0.1) is 13.8 Å². The van der Waals surface area contributed by atoms with Crippen molar-refractivity contribution in [1.29, 1.82) is 0 Å². The summed E-state index contributed by atoms with van der Waals surface area (Å²) in [7, 11) is 0. The minimum atomic E-state index is -1.02. The molecule has 0 fully saturated rings. The second-order valence-corrected chi connectivity index (χ2v) is 7.10. The van der Waals surface area contributed by atoms with Gasteiger partial charge < -0.3 is 14.9 Å². The highest BCUT2D eigenvalue weighted by atomic mass is 32.2. The number of carbonyl (C=O) groups is 2. The van der Waals surface area contributed by atoms with E-state index in [9.17, 15) is 14.7 Å². The number of fused-ring (bicyclic) bond motifs is 1. The number of benzene rings is 1. The molecule has 7 heteroatoms. The van der Waals surface area contributed by atoms with E-state index in [0.29, 0.717) is 23.5 Å². The molecule has 2 aromatic rings. The van der Waals surface area contributed by atoms with Gasteiger partial charge in [0.1, 0.15) is 11.7 Å². The molecule has 0 spiro atoms. The van der Waals surface area contributed by atoms with Gasteiger partial charge in [-0.2, -0.15) is 11.8 Å². The second-order valence-electron chi connectivity index (χ2n) is 5.71. The number of aromatic nitrogens is 1. The van der Waals surface area contributed by atoms with Gasteiger partial charge in [0, 0.05) is 5.39 Å². The van der Waals surface area contributed by atoms with E-state index in [1.54, 1.807) is 11.8 Å². The summed E-state index contributed by atoms with van der Waals surface area (Å²) in [6, 6.07) is 3.04. The van der Waals surface area contributed by atoms with E-state index < -0.39 is 12.0 Å². The van der Waals surface area contributed by atoms with Gasteiger partial charge in [0.05, 0.1) is 6.42 Å². The summed E-state index contributed by atoms with van der Waals surface area (Å²) < 4.78 is 5.32. The molecule has 2 N–H and O–H groups in total. The summed E-state index contributed by atoms with van der Waals surface area (Å²) in [5.41, 5.74) is 3.22. The monoisotopic (exact) mass is 350 g/mol. The Morgan fingerprint density at radius 2 is 2.12 bits per heavy atom. The van der Waals surface area contributed by atoms with Crippen molar-refractivity contribution >= 4 is 34.6 Å². The van der Waals surface area contributed by atoms with Crippen LogP contribution in [-0.4, -0.2) is 39.7 Å². The number of aliphatic carboxylic acids is 1. The summed E-state index contributed by atoms with van der Waals surface area (Å²) in [6.45, 7) is 5.91. The van der Waals surface area contributed by atoms with E-state index in [2.05, 4.69) is 10.5 Å². The first-order chi connectivity index (χ1) is 11.4. The minimum Gasteiger partial charge on any atom is -0.480 e. The summed E-state index contributed by atoms with van der Waals surface area (Å²) in [5.74, 6) is 0.234. The molecule has 1 aromatic carbocycles. The molecule has 1 aromatic heterocycles. The number of nitrogens with zero attached hydrogens (tertiary/aromatic N) is 1. The van der Waals surface area contributed by atoms with E-state index in [1.165, 1.54) is 0 Å². The Balaban J connectivity index is 2.07. The van der Waals surface area contributed by atoms with Gasteiger partial charge in [-0.15, -0.1) is 0 Å². The molecule has 0 aliphatic rings. The molecule has 0 radical (unpaired) electrons. The normalized spacial score (nSPS) is 12.3. The number of aryl methyl sites for hydroxylation is 2. The van der Waals surface area contributed by atoms with Crippen molar-refractivity contribution in [3.8, 4) is 0 Å². The Hall–Kier alpha value is -2.02. The predicted octanol–water partition coefficient (Wildman–Crippen LogP) is 2.70. The fourth-order valence-corrected chi connectivity index (χ4v) is 3.26. The lowest BCUT2D eigenvalue weighted by Gasteiger charge is -2.13. The number of hydrogen-bond donors (Lipinski definition) is 2. The maximum atomic E-state index is 12.2. The van der Waals surface area contributed by atoms with Crippen LogP contribution in [0.2, 0.25) is 0 Å². The number of nitrogens with one attached hydrogen (secondary N) is 1. The van der Waals surface area contributed by atoms with Gasteiger partial charge >= 0.3 is 5.97 Å². The zero-order chi connectivity index (χ0) is 17.7. The average molecular weight is 350 g/mol. The van der Waals surface area contributed by atoms with Crippen LogP contribution in [0.15, 0.2) is 16.7 Å². The fraction of sp³-hybridized carbons (Fsp3) is 0.471. The lowest BCUT2D eigenvalue weighted by atomic mass is 10.1. The molecular formula is C17H22N2O4S. The molecule has 0 aliphatic heterocycles. The van der Waals surface area contributed by atoms with Gasteiger partial charge in [-0.3, -0.25) is 4.79 Å². The van der Waals surface area contributed by atoms with Crippen molar-refractivity contribution in [1.82, 2.24) is 10.5 Å². The number of hydrogen-bond acceptors (Lipinski definition) is 5. The summed E-state index contributed by atoms with van der Waals surface area (Å²) in [4.78, 5) is 23.5.